The SMILES string of the molecule is CC(=O)OC(=O)C(CC(=O)Nc1ccc(-c2nn(C3CCC(N4CCN(C)CC4)CC3)c3ncnc(N)c23)cc1)c1ccccc1. The molecule has 2 aromatic heterocycles. The first kappa shape index (κ1) is 31.3. The van der Waals surface area contributed by atoms with Gasteiger partial charge in [-0.3, -0.25) is 19.3 Å². The molecule has 0 radical (unpaired) electrons. The molecule has 2 aromatic carbocycles. The highest BCUT2D eigenvalue weighted by Gasteiger charge is 2.31. The number of nitrogen functional groups attached to an aromatic ring is 1. The van der Waals surface area contributed by atoms with E-state index in [9.17, 15) is 14.4 Å². The lowest BCUT2D eigenvalue weighted by molar-refractivity contribution is -0.159. The number of aromatic nitrogens is 4. The number of amides is 1. The summed E-state index contributed by atoms with van der Waals surface area (Å²) in [6, 6.07) is 16.9. The van der Waals surface area contributed by atoms with Gasteiger partial charge in [-0.2, -0.15) is 5.10 Å². The third-order valence-electron chi connectivity index (χ3n) is 9.15. The van der Waals surface area contributed by atoms with Crippen molar-refractivity contribution < 1.29 is 19.1 Å². The number of rotatable bonds is 8. The van der Waals surface area contributed by atoms with Gasteiger partial charge in [-0.1, -0.05) is 42.5 Å². The minimum Gasteiger partial charge on any atom is -0.393 e. The number of hydrogen-bond acceptors (Lipinski definition) is 10. The van der Waals surface area contributed by atoms with Gasteiger partial charge in [-0.15, -0.1) is 0 Å². The molecular weight excluding hydrogens is 584 g/mol. The predicted molar refractivity (Wildman–Crippen MR) is 175 cm³/mol. The van der Waals surface area contributed by atoms with E-state index in [1.54, 1.807) is 36.4 Å². The second kappa shape index (κ2) is 13.8. The Bertz CT molecular complexity index is 1690. The minimum absolute atomic E-state index is 0.183. The summed E-state index contributed by atoms with van der Waals surface area (Å²) in [5.41, 5.74) is 9.77. The van der Waals surface area contributed by atoms with E-state index in [0.29, 0.717) is 28.8 Å². The third kappa shape index (κ3) is 6.92. The van der Waals surface area contributed by atoms with E-state index in [1.807, 2.05) is 22.9 Å². The Balaban J connectivity index is 1.16. The van der Waals surface area contributed by atoms with E-state index in [1.165, 1.54) is 6.33 Å². The average Bonchev–Trinajstić information content (AvgIpc) is 3.45. The van der Waals surface area contributed by atoms with E-state index >= 15 is 0 Å². The van der Waals surface area contributed by atoms with Crippen molar-refractivity contribution in [1.29, 1.82) is 0 Å². The van der Waals surface area contributed by atoms with Crippen LogP contribution >= 0.6 is 0 Å². The lowest BCUT2D eigenvalue weighted by Gasteiger charge is -2.41. The van der Waals surface area contributed by atoms with Crippen LogP contribution in [0, 0.1) is 0 Å². The lowest BCUT2D eigenvalue weighted by Crippen LogP contribution is -2.49. The topological polar surface area (TPSA) is 149 Å². The number of fused-ring (bicyclic) bond motifs is 1. The van der Waals surface area contributed by atoms with Gasteiger partial charge in [0.25, 0.3) is 0 Å². The van der Waals surface area contributed by atoms with Gasteiger partial charge in [-0.25, -0.2) is 14.6 Å². The van der Waals surface area contributed by atoms with E-state index in [2.05, 4.69) is 32.1 Å². The van der Waals surface area contributed by atoms with Crippen molar-refractivity contribution in [3.63, 3.8) is 0 Å². The first-order chi connectivity index (χ1) is 22.3. The quantitative estimate of drug-likeness (QED) is 0.218. The molecule has 240 valence electrons. The van der Waals surface area contributed by atoms with Crippen LogP contribution in [-0.4, -0.2) is 86.7 Å². The number of anilines is 2. The first-order valence-electron chi connectivity index (χ1n) is 15.9. The fraction of sp³-hybridized carbons (Fsp3) is 0.412. The van der Waals surface area contributed by atoms with Crippen molar-refractivity contribution in [2.24, 2.45) is 0 Å². The zero-order valence-electron chi connectivity index (χ0n) is 26.3. The molecule has 3 N–H and O–H groups in total. The van der Waals surface area contributed by atoms with Crippen LogP contribution in [0.3, 0.4) is 0 Å². The second-order valence-electron chi connectivity index (χ2n) is 12.3. The van der Waals surface area contributed by atoms with Crippen molar-refractivity contribution in [2.75, 3.05) is 44.3 Å². The largest absolute Gasteiger partial charge is 0.393 e. The molecule has 46 heavy (non-hydrogen) atoms. The molecule has 0 bridgehead atoms. The number of nitrogens with two attached hydrogens (primary N) is 1. The molecule has 1 aliphatic carbocycles. The highest BCUT2D eigenvalue weighted by atomic mass is 16.6. The van der Waals surface area contributed by atoms with Crippen LogP contribution in [0.4, 0.5) is 11.5 Å². The van der Waals surface area contributed by atoms with Gasteiger partial charge < -0.3 is 20.7 Å². The smallest absolute Gasteiger partial charge is 0.321 e. The molecule has 2 fully saturated rings. The van der Waals surface area contributed by atoms with Crippen LogP contribution in [0.15, 0.2) is 60.9 Å². The highest BCUT2D eigenvalue weighted by molar-refractivity contribution is 5.99. The molecule has 12 nitrogen and oxygen atoms in total. The molecular formula is C34H40N8O4. The lowest BCUT2D eigenvalue weighted by atomic mass is 9.90. The van der Waals surface area contributed by atoms with Crippen LogP contribution in [0.1, 0.15) is 56.6 Å². The molecule has 2 aliphatic rings. The van der Waals surface area contributed by atoms with Crippen molar-refractivity contribution >= 4 is 40.4 Å². The molecule has 12 heteroatoms. The molecule has 6 rings (SSSR count). The van der Waals surface area contributed by atoms with Gasteiger partial charge in [0.2, 0.25) is 5.91 Å². The summed E-state index contributed by atoms with van der Waals surface area (Å²) in [6.07, 6.45) is 5.59. The Hall–Kier alpha value is -4.68. The fourth-order valence-corrected chi connectivity index (χ4v) is 6.65. The van der Waals surface area contributed by atoms with E-state index < -0.39 is 17.9 Å². The van der Waals surface area contributed by atoms with Gasteiger partial charge in [-0.05, 0) is 50.4 Å². The summed E-state index contributed by atoms with van der Waals surface area (Å²) >= 11 is 0. The summed E-state index contributed by atoms with van der Waals surface area (Å²) in [5, 5.41) is 8.62. The molecule has 4 aromatic rings. The number of carbonyl (C=O) groups is 3. The fourth-order valence-electron chi connectivity index (χ4n) is 6.65. The van der Waals surface area contributed by atoms with Crippen LogP contribution in [0.5, 0.6) is 0 Å². The predicted octanol–water partition coefficient (Wildman–Crippen LogP) is 4.01. The molecule has 1 aliphatic heterocycles. The third-order valence-corrected chi connectivity index (χ3v) is 9.15. The highest BCUT2D eigenvalue weighted by Crippen LogP contribution is 2.37. The Morgan fingerprint density at radius 3 is 2.28 bits per heavy atom. The number of piperazine rings is 1. The first-order valence-corrected chi connectivity index (χ1v) is 15.9. The second-order valence-corrected chi connectivity index (χ2v) is 12.3. The van der Waals surface area contributed by atoms with Crippen molar-refractivity contribution in [3.05, 3.63) is 66.5 Å². The minimum atomic E-state index is -0.917. The summed E-state index contributed by atoms with van der Waals surface area (Å²) in [4.78, 5) is 51.0. The molecule has 1 atom stereocenters. The van der Waals surface area contributed by atoms with Gasteiger partial charge in [0.05, 0.1) is 17.3 Å². The van der Waals surface area contributed by atoms with Gasteiger partial charge in [0, 0.05) is 56.8 Å². The number of hydrogen-bond donors (Lipinski definition) is 2. The number of esters is 2. The summed E-state index contributed by atoms with van der Waals surface area (Å²) < 4.78 is 6.85. The normalized spacial score (nSPS) is 19.9. The number of benzene rings is 2. The Morgan fingerprint density at radius 1 is 0.935 bits per heavy atom. The standard InChI is InChI=1S/C34H40N8O4/c1-22(43)46-34(45)28(23-6-4-3-5-7-23)20-29(44)38-25-10-8-24(9-11-25)31-30-32(35)36-21-37-33(30)42(39-31)27-14-12-26(13-15-27)41-18-16-40(2)17-19-41/h3-11,21,26-28H,12-20H2,1-2H3,(H,38,44)(H2,35,36,37). The van der Waals surface area contributed by atoms with Crippen LogP contribution in [0.2, 0.25) is 0 Å². The van der Waals surface area contributed by atoms with E-state index in [-0.39, 0.29) is 18.4 Å². The summed E-state index contributed by atoms with van der Waals surface area (Å²) in [7, 11) is 2.19. The van der Waals surface area contributed by atoms with Crippen molar-refractivity contribution in [1.82, 2.24) is 29.5 Å². The summed E-state index contributed by atoms with van der Waals surface area (Å²) in [6.45, 7) is 5.65. The van der Waals surface area contributed by atoms with Crippen LogP contribution in [0.25, 0.3) is 22.3 Å². The van der Waals surface area contributed by atoms with Crippen molar-refractivity contribution in [2.45, 2.75) is 57.0 Å². The molecule has 1 amide bonds. The number of likely N-dealkylation sites (N-methyl/N-ethyl adjacent to an activating group) is 1. The molecule has 1 unspecified atom stereocenters. The van der Waals surface area contributed by atoms with Gasteiger partial charge in [0.1, 0.15) is 17.8 Å². The van der Waals surface area contributed by atoms with E-state index in [4.69, 9.17) is 15.6 Å². The number of carbonyl (C=O) groups excluding carboxylic acids is 3. The average molecular weight is 625 g/mol. The number of ether oxygens (including phenoxy) is 1. The Labute approximate surface area is 267 Å². The summed E-state index contributed by atoms with van der Waals surface area (Å²) in [5.74, 6) is -2.42. The van der Waals surface area contributed by atoms with Gasteiger partial charge >= 0.3 is 11.9 Å². The maximum absolute atomic E-state index is 13.0. The van der Waals surface area contributed by atoms with Gasteiger partial charge in [0.15, 0.2) is 5.65 Å². The Morgan fingerprint density at radius 2 is 1.61 bits per heavy atom. The molecule has 1 saturated carbocycles. The zero-order chi connectivity index (χ0) is 32.2. The number of nitrogens with one attached hydrogen (secondary N) is 1. The van der Waals surface area contributed by atoms with E-state index in [0.717, 1.165) is 75.4 Å². The molecule has 1 saturated heterocycles. The zero-order valence-corrected chi connectivity index (χ0v) is 26.3. The monoisotopic (exact) mass is 624 g/mol. The number of nitrogens with zero attached hydrogens (tertiary/aromatic N) is 6. The maximum Gasteiger partial charge on any atom is 0.321 e. The maximum atomic E-state index is 13.0. The Kier molecular flexibility index (Phi) is 9.36. The molecule has 0 spiro atoms. The van der Waals surface area contributed by atoms with Crippen molar-refractivity contribution in [3.8, 4) is 11.3 Å². The van der Waals surface area contributed by atoms with Crippen LogP contribution < -0.4 is 11.1 Å². The molecule has 3 heterocycles. The van der Waals surface area contributed by atoms with Crippen LogP contribution in [-0.2, 0) is 19.1 Å².